The van der Waals surface area contributed by atoms with E-state index in [-0.39, 0.29) is 4.86 Å². The van der Waals surface area contributed by atoms with Gasteiger partial charge in [0.05, 0.1) is 7.05 Å². The van der Waals surface area contributed by atoms with E-state index in [1.807, 2.05) is 0 Å². The lowest BCUT2D eigenvalue weighted by Gasteiger charge is -2.03. The summed E-state index contributed by atoms with van der Waals surface area (Å²) in [4.78, 5) is 10.0. The number of carboxylic acids is 1. The Morgan fingerprint density at radius 3 is 3.00 bits per heavy atom. The monoisotopic (exact) mass is 165 g/mol. The fourth-order valence-corrected chi connectivity index (χ4v) is 0.334. The van der Waals surface area contributed by atoms with Gasteiger partial charge >= 0.3 is 5.97 Å². The minimum atomic E-state index is -2.38. The van der Waals surface area contributed by atoms with Crippen LogP contribution in [-0.4, -0.2) is 35.5 Å². The molecule has 1 atom stereocenters. The zero-order valence-electron chi connectivity index (χ0n) is 8.02. The standard InChI is InChI=1S/C5H11N3O3/c1-7-8(11)3-2-4(6)5(9)10/h4H,2-3,6H2,1H3,(H,9,10)/t4-/m0/s1/i3T2. The van der Waals surface area contributed by atoms with Gasteiger partial charge in [-0.2, -0.15) is 0 Å². The Balaban J connectivity index is 4.42. The second-order valence-electron chi connectivity index (χ2n) is 1.78. The Bertz CT molecular complexity index is 231. The third-order valence-electron chi connectivity index (χ3n) is 0.945. The van der Waals surface area contributed by atoms with Crippen LogP contribution in [0.1, 0.15) is 9.16 Å². The zero-order chi connectivity index (χ0) is 10.6. The van der Waals surface area contributed by atoms with Crippen LogP contribution < -0.4 is 5.73 Å². The molecule has 0 amide bonds. The van der Waals surface area contributed by atoms with Crippen molar-refractivity contribution in [1.29, 1.82) is 0 Å². The molecule has 0 rings (SSSR count). The van der Waals surface area contributed by atoms with Gasteiger partial charge in [-0.05, 0) is 5.11 Å². The molecule has 11 heavy (non-hydrogen) atoms. The molecule has 0 heterocycles. The highest BCUT2D eigenvalue weighted by molar-refractivity contribution is 5.72. The maximum Gasteiger partial charge on any atom is 0.320 e. The van der Waals surface area contributed by atoms with Gasteiger partial charge in [0.25, 0.3) is 0 Å². The minimum absolute atomic E-state index is 0.199. The predicted molar refractivity (Wildman–Crippen MR) is 37.1 cm³/mol. The SMILES string of the molecule is [3H]C([3H])(C[C@H](N)C(=O)O)[N+]([O-])=NC. The summed E-state index contributed by atoms with van der Waals surface area (Å²) in [5.41, 5.74) is 5.05. The summed E-state index contributed by atoms with van der Waals surface area (Å²) in [7, 11) is 1.11. The maximum absolute atomic E-state index is 10.7. The lowest BCUT2D eigenvalue weighted by Crippen LogP contribution is -2.32. The first kappa shape index (κ1) is 6.53. The first-order chi connectivity index (χ1) is 5.81. The van der Waals surface area contributed by atoms with E-state index in [0.29, 0.717) is 0 Å². The molecule has 0 aromatic carbocycles. The smallest absolute Gasteiger partial charge is 0.320 e. The third kappa shape index (κ3) is 4.26. The van der Waals surface area contributed by atoms with Crippen molar-refractivity contribution in [3.63, 3.8) is 0 Å². The summed E-state index contributed by atoms with van der Waals surface area (Å²) < 4.78 is 14.2. The van der Waals surface area contributed by atoms with E-state index in [0.717, 1.165) is 7.05 Å². The van der Waals surface area contributed by atoms with Gasteiger partial charge in [-0.25, -0.2) is 0 Å². The number of rotatable bonds is 4. The van der Waals surface area contributed by atoms with E-state index in [1.54, 1.807) is 0 Å². The second kappa shape index (κ2) is 4.62. The third-order valence-corrected chi connectivity index (χ3v) is 0.945. The van der Waals surface area contributed by atoms with Crippen molar-refractivity contribution < 1.29 is 17.5 Å². The molecule has 0 aromatic heterocycles. The van der Waals surface area contributed by atoms with Gasteiger partial charge in [-0.3, -0.25) is 4.79 Å². The first-order valence-corrected chi connectivity index (χ1v) is 2.86. The summed E-state index contributed by atoms with van der Waals surface area (Å²) in [6.45, 7) is -2.38. The number of hydroxylamine groups is 1. The summed E-state index contributed by atoms with van der Waals surface area (Å²) in [6, 6.07) is -1.41. The molecule has 6 nitrogen and oxygen atoms in total. The zero-order valence-corrected chi connectivity index (χ0v) is 6.02. The van der Waals surface area contributed by atoms with Crippen molar-refractivity contribution in [3.8, 4) is 0 Å². The van der Waals surface area contributed by atoms with E-state index in [4.69, 9.17) is 13.6 Å². The molecular weight excluding hydrogens is 150 g/mol. The van der Waals surface area contributed by atoms with Gasteiger partial charge in [0, 0.05) is 6.42 Å². The molecule has 0 aliphatic heterocycles. The average molecular weight is 165 g/mol. The van der Waals surface area contributed by atoms with Crippen molar-refractivity contribution in [3.05, 3.63) is 5.21 Å². The number of carboxylic acid groups (broad SMARTS) is 1. The number of nitrogens with two attached hydrogens (primary N) is 1. The minimum Gasteiger partial charge on any atom is -0.600 e. The Labute approximate surface area is 66.7 Å². The molecule has 0 bridgehead atoms. The molecule has 64 valence electrons. The Hall–Kier alpha value is -1.17. The molecule has 0 saturated heterocycles. The fourth-order valence-electron chi connectivity index (χ4n) is 0.334. The van der Waals surface area contributed by atoms with Gasteiger partial charge in [0.1, 0.15) is 8.78 Å². The van der Waals surface area contributed by atoms with Crippen LogP contribution in [0.2, 0.25) is 0 Å². The molecule has 0 fully saturated rings. The van der Waals surface area contributed by atoms with E-state index in [9.17, 15) is 10.0 Å². The summed E-state index contributed by atoms with van der Waals surface area (Å²) in [5.74, 6) is -1.35. The van der Waals surface area contributed by atoms with Crippen LogP contribution in [0.15, 0.2) is 5.11 Å². The van der Waals surface area contributed by atoms with Gasteiger partial charge in [-0.1, -0.05) is 4.86 Å². The predicted octanol–water partition coefficient (Wildman–Crippen LogP) is -0.619. The molecule has 3 N–H and O–H groups in total. The molecule has 0 aliphatic carbocycles. The van der Waals surface area contributed by atoms with Gasteiger partial charge in [0.2, 0.25) is 0 Å². The van der Waals surface area contributed by atoms with E-state index < -0.39 is 24.9 Å². The Morgan fingerprint density at radius 2 is 2.64 bits per heavy atom. The van der Waals surface area contributed by atoms with Crippen LogP contribution in [0.25, 0.3) is 0 Å². The molecule has 0 aliphatic rings. The molecule has 0 radical (unpaired) electrons. The largest absolute Gasteiger partial charge is 0.600 e. The van der Waals surface area contributed by atoms with E-state index in [1.165, 1.54) is 0 Å². The van der Waals surface area contributed by atoms with E-state index >= 15 is 0 Å². The highest BCUT2D eigenvalue weighted by atomic mass is 16.5. The van der Waals surface area contributed by atoms with Crippen molar-refractivity contribution in [2.45, 2.75) is 12.5 Å². The summed E-state index contributed by atoms with van der Waals surface area (Å²) in [5, 5.41) is 22.1. The van der Waals surface area contributed by atoms with Crippen LogP contribution in [0.5, 0.6) is 0 Å². The molecule has 0 saturated carbocycles. The normalized spacial score (nSPS) is 18.5. The first-order valence-electron chi connectivity index (χ1n) is 3.86. The van der Waals surface area contributed by atoms with Crippen molar-refractivity contribution in [2.75, 3.05) is 13.5 Å². The fraction of sp³-hybridized carbons (Fsp3) is 0.800. The molecule has 0 aromatic rings. The maximum atomic E-state index is 10.7. The molecule has 0 unspecified atom stereocenters. The highest BCUT2D eigenvalue weighted by Gasteiger charge is 2.12. The van der Waals surface area contributed by atoms with Crippen LogP contribution in [-0.2, 0) is 4.79 Å². The van der Waals surface area contributed by atoms with Crippen LogP contribution in [0.3, 0.4) is 0 Å². The molecule has 0 spiro atoms. The Kier molecular flexibility index (Phi) is 2.74. The number of carbonyl (C=O) groups is 1. The van der Waals surface area contributed by atoms with Crippen molar-refractivity contribution in [2.24, 2.45) is 10.8 Å². The quantitative estimate of drug-likeness (QED) is 0.329. The van der Waals surface area contributed by atoms with Crippen molar-refractivity contribution >= 4 is 5.97 Å². The number of azo groups is 1. The van der Waals surface area contributed by atoms with Crippen LogP contribution >= 0.6 is 0 Å². The van der Waals surface area contributed by atoms with Gasteiger partial charge in [-0.15, -0.1) is 0 Å². The lowest BCUT2D eigenvalue weighted by atomic mass is 10.2. The average Bonchev–Trinajstić information content (AvgIpc) is 2.01. The van der Waals surface area contributed by atoms with Crippen LogP contribution in [0, 0.1) is 5.21 Å². The van der Waals surface area contributed by atoms with Gasteiger partial charge < -0.3 is 16.0 Å². The second-order valence-corrected chi connectivity index (χ2v) is 1.78. The summed E-state index contributed by atoms with van der Waals surface area (Å²) in [6.07, 6.45) is -0.608. The summed E-state index contributed by atoms with van der Waals surface area (Å²) >= 11 is 0. The number of nitrogens with zero attached hydrogens (tertiary/aromatic N) is 2. The highest BCUT2D eigenvalue weighted by Crippen LogP contribution is 1.88. The molecular formula is C5H11N3O3. The number of aliphatic carboxylic acids is 1. The van der Waals surface area contributed by atoms with Crippen LogP contribution in [0.4, 0.5) is 0 Å². The van der Waals surface area contributed by atoms with E-state index in [2.05, 4.69) is 5.11 Å². The Morgan fingerprint density at radius 1 is 2.09 bits per heavy atom. The lowest BCUT2D eigenvalue weighted by molar-refractivity contribution is -0.528. The topological polar surface area (TPSA) is 102 Å². The van der Waals surface area contributed by atoms with Gasteiger partial charge in [0.15, 0.2) is 6.50 Å². The number of hydrogen-bond acceptors (Lipinski definition) is 4. The van der Waals surface area contributed by atoms with Crippen molar-refractivity contribution in [1.82, 2.24) is 0 Å². The molecule has 6 heteroatoms. The number of hydrogen-bond donors (Lipinski definition) is 2.